The van der Waals surface area contributed by atoms with Crippen molar-refractivity contribution in [2.75, 3.05) is 0 Å². The van der Waals surface area contributed by atoms with Crippen molar-refractivity contribution in [3.8, 4) is 5.75 Å². The molecule has 0 radical (unpaired) electrons. The molecule has 8 heteroatoms. The van der Waals surface area contributed by atoms with Crippen LogP contribution in [0.3, 0.4) is 0 Å². The Morgan fingerprint density at radius 2 is 2.00 bits per heavy atom. The molecule has 1 heterocycles. The van der Waals surface area contributed by atoms with Crippen LogP contribution in [0.4, 0.5) is 13.2 Å². The van der Waals surface area contributed by atoms with Crippen molar-refractivity contribution in [1.29, 1.82) is 0 Å². The highest BCUT2D eigenvalue weighted by Gasteiger charge is 2.69. The Hall–Kier alpha value is -2.09. The maximum Gasteiger partial charge on any atom is 0.439 e. The maximum absolute atomic E-state index is 13.7. The summed E-state index contributed by atoms with van der Waals surface area (Å²) in [6.45, 7) is 1.73. The molecule has 1 fully saturated rings. The molecule has 3 atom stereocenters. The molecule has 3 rings (SSSR count). The van der Waals surface area contributed by atoms with Gasteiger partial charge in [-0.3, -0.25) is 4.79 Å². The van der Waals surface area contributed by atoms with E-state index in [-0.39, 0.29) is 28.6 Å². The molecule has 1 aliphatic heterocycles. The molecule has 0 bridgehead atoms. The molecular formula is C16H17F3N2O3. The van der Waals surface area contributed by atoms with Gasteiger partial charge in [0.1, 0.15) is 5.75 Å². The summed E-state index contributed by atoms with van der Waals surface area (Å²) in [4.78, 5) is 12.6. The van der Waals surface area contributed by atoms with Crippen LogP contribution in [0.5, 0.6) is 5.75 Å². The lowest BCUT2D eigenvalue weighted by molar-refractivity contribution is -0.312. The maximum atomic E-state index is 13.7. The number of carbonyl (C=O) groups is 1. The molecule has 0 saturated heterocycles. The van der Waals surface area contributed by atoms with E-state index in [0.29, 0.717) is 12.8 Å². The minimum Gasteiger partial charge on any atom is -0.507 e. The van der Waals surface area contributed by atoms with E-state index in [1.165, 1.54) is 24.3 Å². The molecule has 0 aromatic heterocycles. The average molecular weight is 342 g/mol. The normalized spacial score (nSPS) is 30.0. The second kappa shape index (κ2) is 5.47. The van der Waals surface area contributed by atoms with Crippen molar-refractivity contribution in [3.05, 3.63) is 29.8 Å². The van der Waals surface area contributed by atoms with E-state index in [2.05, 4.69) is 5.10 Å². The van der Waals surface area contributed by atoms with Crippen molar-refractivity contribution in [2.45, 2.75) is 38.1 Å². The van der Waals surface area contributed by atoms with Gasteiger partial charge >= 0.3 is 6.18 Å². The number of halogens is 3. The van der Waals surface area contributed by atoms with Crippen LogP contribution in [0.1, 0.15) is 36.5 Å². The number of aliphatic hydroxyl groups is 1. The van der Waals surface area contributed by atoms with Gasteiger partial charge in [-0.05, 0) is 30.9 Å². The van der Waals surface area contributed by atoms with E-state index in [1.807, 2.05) is 0 Å². The summed E-state index contributed by atoms with van der Waals surface area (Å²) in [6, 6.07) is 5.25. The summed E-state index contributed by atoms with van der Waals surface area (Å²) >= 11 is 0. The van der Waals surface area contributed by atoms with Gasteiger partial charge in [0, 0.05) is 5.71 Å². The third-order valence-corrected chi connectivity index (χ3v) is 4.76. The molecule has 1 amide bonds. The number of carbonyl (C=O) groups excluding carboxylic acids is 1. The van der Waals surface area contributed by atoms with E-state index < -0.39 is 29.5 Å². The van der Waals surface area contributed by atoms with Crippen molar-refractivity contribution in [2.24, 2.45) is 16.9 Å². The molecule has 1 aromatic rings. The number of amides is 1. The van der Waals surface area contributed by atoms with Gasteiger partial charge in [0.15, 0.2) is 0 Å². The predicted molar refractivity (Wildman–Crippen MR) is 79.2 cm³/mol. The zero-order valence-electron chi connectivity index (χ0n) is 12.9. The molecule has 2 aliphatic rings. The molecule has 0 unspecified atom stereocenters. The smallest absolute Gasteiger partial charge is 0.439 e. The molecule has 24 heavy (non-hydrogen) atoms. The molecular weight excluding hydrogens is 325 g/mol. The van der Waals surface area contributed by atoms with Crippen LogP contribution < -0.4 is 0 Å². The summed E-state index contributed by atoms with van der Waals surface area (Å²) in [5.74, 6) is -3.17. The Morgan fingerprint density at radius 3 is 2.62 bits per heavy atom. The fraction of sp³-hybridized carbons (Fsp3) is 0.500. The zero-order chi connectivity index (χ0) is 17.7. The van der Waals surface area contributed by atoms with Gasteiger partial charge < -0.3 is 10.2 Å². The van der Waals surface area contributed by atoms with Crippen LogP contribution >= 0.6 is 0 Å². The Bertz CT molecular complexity index is 704. The number of hydrogen-bond donors (Lipinski definition) is 2. The van der Waals surface area contributed by atoms with Gasteiger partial charge in [-0.2, -0.15) is 23.3 Å². The Kier molecular flexibility index (Phi) is 3.82. The lowest BCUT2D eigenvalue weighted by atomic mass is 9.75. The third kappa shape index (κ3) is 2.28. The van der Waals surface area contributed by atoms with E-state index in [0.717, 1.165) is 0 Å². The van der Waals surface area contributed by atoms with Gasteiger partial charge in [0.2, 0.25) is 0 Å². The number of alkyl halides is 3. The quantitative estimate of drug-likeness (QED) is 0.824. The monoisotopic (exact) mass is 342 g/mol. The highest BCUT2D eigenvalue weighted by Crippen LogP contribution is 2.49. The number of para-hydroxylation sites is 1. The molecule has 0 spiro atoms. The summed E-state index contributed by atoms with van der Waals surface area (Å²) in [6.07, 6.45) is -3.80. The first-order valence-corrected chi connectivity index (χ1v) is 7.68. The minimum absolute atomic E-state index is 0.101. The molecule has 1 aliphatic carbocycles. The summed E-state index contributed by atoms with van der Waals surface area (Å²) in [7, 11) is 0. The van der Waals surface area contributed by atoms with Crippen molar-refractivity contribution in [3.63, 3.8) is 0 Å². The van der Waals surface area contributed by atoms with E-state index in [4.69, 9.17) is 0 Å². The zero-order valence-corrected chi connectivity index (χ0v) is 12.9. The number of nitrogens with zero attached hydrogens (tertiary/aromatic N) is 2. The van der Waals surface area contributed by atoms with Crippen LogP contribution in [0.2, 0.25) is 0 Å². The van der Waals surface area contributed by atoms with Gasteiger partial charge in [0.25, 0.3) is 11.6 Å². The van der Waals surface area contributed by atoms with E-state index in [9.17, 15) is 28.2 Å². The number of phenolic OH excluding ortho intramolecular Hbond substituents is 1. The number of fused-ring (bicyclic) bond motifs is 1. The largest absolute Gasteiger partial charge is 0.507 e. The number of aromatic hydroxyl groups is 1. The molecule has 1 aromatic carbocycles. The minimum atomic E-state index is -5.07. The van der Waals surface area contributed by atoms with Crippen LogP contribution in [0.15, 0.2) is 29.4 Å². The second-order valence-corrected chi connectivity index (χ2v) is 6.27. The fourth-order valence-electron chi connectivity index (χ4n) is 3.47. The first kappa shape index (κ1) is 16.8. The summed E-state index contributed by atoms with van der Waals surface area (Å²) in [5.41, 5.74) is -3.54. The lowest BCUT2D eigenvalue weighted by Gasteiger charge is -2.39. The number of benzene rings is 1. The summed E-state index contributed by atoms with van der Waals surface area (Å²) in [5, 5.41) is 24.2. The Balaban J connectivity index is 2.10. The average Bonchev–Trinajstić information content (AvgIpc) is 2.83. The fourth-order valence-corrected chi connectivity index (χ4v) is 3.47. The lowest BCUT2D eigenvalue weighted by Crippen LogP contribution is -2.61. The van der Waals surface area contributed by atoms with Crippen LogP contribution in [0, 0.1) is 11.8 Å². The number of hydrazone groups is 1. The third-order valence-electron chi connectivity index (χ3n) is 4.76. The van der Waals surface area contributed by atoms with Crippen LogP contribution in [-0.4, -0.2) is 38.7 Å². The molecule has 5 nitrogen and oxygen atoms in total. The molecule has 1 saturated carbocycles. The van der Waals surface area contributed by atoms with Crippen molar-refractivity contribution < 1.29 is 28.2 Å². The van der Waals surface area contributed by atoms with Gasteiger partial charge in [-0.1, -0.05) is 25.5 Å². The number of rotatable bonds is 1. The SMILES string of the molecule is C[C@@H]1CCC[C@H]2C1=NN(C(=O)c1ccccc1O)[C@@]2(O)C(F)(F)F. The van der Waals surface area contributed by atoms with Crippen molar-refractivity contribution >= 4 is 11.6 Å². The van der Waals surface area contributed by atoms with Crippen LogP contribution in [0.25, 0.3) is 0 Å². The predicted octanol–water partition coefficient (Wildman–Crippen LogP) is 2.89. The highest BCUT2D eigenvalue weighted by atomic mass is 19.4. The standard InChI is InChI=1S/C16H17F3N2O3/c1-9-5-4-7-11-13(9)20-21(15(11,24)16(17,18)19)14(23)10-6-2-3-8-12(10)22/h2-3,6,8-9,11,22,24H,4-5,7H2,1H3/t9-,11+,15+/m1/s1. The van der Waals surface area contributed by atoms with Crippen molar-refractivity contribution in [1.82, 2.24) is 5.01 Å². The van der Waals surface area contributed by atoms with Crippen LogP contribution in [-0.2, 0) is 0 Å². The van der Waals surface area contributed by atoms with Gasteiger partial charge in [-0.15, -0.1) is 0 Å². The topological polar surface area (TPSA) is 73.1 Å². The highest BCUT2D eigenvalue weighted by molar-refractivity contribution is 6.01. The number of phenols is 1. The van der Waals surface area contributed by atoms with Gasteiger partial charge in [-0.25, -0.2) is 0 Å². The molecule has 2 N–H and O–H groups in total. The number of hydrogen-bond acceptors (Lipinski definition) is 4. The second-order valence-electron chi connectivity index (χ2n) is 6.27. The first-order chi connectivity index (χ1) is 11.2. The van der Waals surface area contributed by atoms with E-state index >= 15 is 0 Å². The summed E-state index contributed by atoms with van der Waals surface area (Å²) < 4.78 is 41.1. The Labute approximate surface area is 136 Å². The first-order valence-electron chi connectivity index (χ1n) is 7.68. The Morgan fingerprint density at radius 1 is 1.33 bits per heavy atom. The molecule has 130 valence electrons. The van der Waals surface area contributed by atoms with E-state index in [1.54, 1.807) is 6.92 Å². The van der Waals surface area contributed by atoms with Gasteiger partial charge in [0.05, 0.1) is 11.5 Å².